The Kier molecular flexibility index (Phi) is 8.13. The van der Waals surface area contributed by atoms with Crippen LogP contribution in [0, 0.1) is 6.92 Å². The van der Waals surface area contributed by atoms with Gasteiger partial charge in [-0.1, -0.05) is 42.3 Å². The summed E-state index contributed by atoms with van der Waals surface area (Å²) in [4.78, 5) is 42.9. The number of amides is 3. The number of hydrogen-bond acceptors (Lipinski definition) is 6. The number of carbonyl (C=O) groups is 3. The number of unbranched alkanes of at least 4 members (excludes halogenated alkanes) is 2. The molecular formula is C28H29N3O5S. The van der Waals surface area contributed by atoms with Gasteiger partial charge in [-0.2, -0.15) is 0 Å². The smallest absolute Gasteiger partial charge is 0.261 e. The molecule has 0 spiro atoms. The van der Waals surface area contributed by atoms with E-state index in [0.717, 1.165) is 5.56 Å². The van der Waals surface area contributed by atoms with Gasteiger partial charge < -0.3 is 5.32 Å². The number of rotatable bonds is 11. The van der Waals surface area contributed by atoms with Gasteiger partial charge in [0.05, 0.1) is 16.0 Å². The van der Waals surface area contributed by atoms with Crippen LogP contribution in [0.3, 0.4) is 0 Å². The highest BCUT2D eigenvalue weighted by Gasteiger charge is 2.34. The van der Waals surface area contributed by atoms with Gasteiger partial charge in [0.1, 0.15) is 5.25 Å². The first kappa shape index (κ1) is 26.2. The van der Waals surface area contributed by atoms with Crippen LogP contribution in [-0.4, -0.2) is 49.1 Å². The van der Waals surface area contributed by atoms with Gasteiger partial charge >= 0.3 is 0 Å². The summed E-state index contributed by atoms with van der Waals surface area (Å²) in [5.74, 6) is -0.821. The molecule has 0 fully saturated rings. The molecule has 1 aliphatic heterocycles. The number of sulfone groups is 1. The molecule has 192 valence electrons. The number of aryl methyl sites for hydroxylation is 1. The van der Waals surface area contributed by atoms with E-state index in [1.807, 2.05) is 6.92 Å². The van der Waals surface area contributed by atoms with Crippen molar-refractivity contribution < 1.29 is 22.8 Å². The molecule has 8 nitrogen and oxygen atoms in total. The predicted octanol–water partition coefficient (Wildman–Crippen LogP) is 3.88. The van der Waals surface area contributed by atoms with Crippen LogP contribution in [0.2, 0.25) is 0 Å². The topological polar surface area (TPSA) is 114 Å². The number of carbonyl (C=O) groups excluding carboxylic acids is 3. The molecule has 1 unspecified atom stereocenters. The van der Waals surface area contributed by atoms with Crippen LogP contribution in [0.4, 0.5) is 0 Å². The van der Waals surface area contributed by atoms with Crippen molar-refractivity contribution in [3.63, 3.8) is 0 Å². The monoisotopic (exact) mass is 519 g/mol. The van der Waals surface area contributed by atoms with E-state index in [-0.39, 0.29) is 35.6 Å². The standard InChI is InChI=1S/C28H29N3O5S/c1-20-12-14-22(15-13-20)37(35,36)25(21-8-7-16-29-18-21)19-30-26(32)11-3-2-6-17-31-27(33)23-9-4-5-10-24(23)28(31)34/h4-5,7-10,12-16,18,25H,2-3,6,11,17,19H2,1H3,(H,30,32). The van der Waals surface area contributed by atoms with Crippen molar-refractivity contribution in [2.24, 2.45) is 0 Å². The summed E-state index contributed by atoms with van der Waals surface area (Å²) in [7, 11) is -3.76. The Bertz CT molecular complexity index is 1350. The summed E-state index contributed by atoms with van der Waals surface area (Å²) >= 11 is 0. The van der Waals surface area contributed by atoms with Crippen LogP contribution in [0.5, 0.6) is 0 Å². The minimum absolute atomic E-state index is 0.0736. The molecule has 37 heavy (non-hydrogen) atoms. The van der Waals surface area contributed by atoms with Gasteiger partial charge in [-0.05, 0) is 55.7 Å². The number of benzene rings is 2. The normalized spacial score (nSPS) is 13.9. The Morgan fingerprint density at radius 1 is 0.919 bits per heavy atom. The predicted molar refractivity (Wildman–Crippen MR) is 139 cm³/mol. The van der Waals surface area contributed by atoms with Gasteiger partial charge in [-0.3, -0.25) is 24.3 Å². The Morgan fingerprint density at radius 3 is 2.22 bits per heavy atom. The number of fused-ring (bicyclic) bond motifs is 1. The fourth-order valence-electron chi connectivity index (χ4n) is 4.33. The summed E-state index contributed by atoms with van der Waals surface area (Å²) in [6.07, 6.45) is 5.07. The Labute approximate surface area is 216 Å². The van der Waals surface area contributed by atoms with Crippen LogP contribution in [0.15, 0.2) is 78.0 Å². The molecule has 1 aliphatic rings. The molecule has 2 heterocycles. The van der Waals surface area contributed by atoms with Crippen LogP contribution >= 0.6 is 0 Å². The van der Waals surface area contributed by atoms with Crippen molar-refractivity contribution in [2.75, 3.05) is 13.1 Å². The zero-order valence-electron chi connectivity index (χ0n) is 20.6. The third kappa shape index (κ3) is 5.94. The van der Waals surface area contributed by atoms with Crippen LogP contribution in [-0.2, 0) is 14.6 Å². The summed E-state index contributed by atoms with van der Waals surface area (Å²) < 4.78 is 26.8. The van der Waals surface area contributed by atoms with E-state index in [4.69, 9.17) is 0 Å². The second-order valence-corrected chi connectivity index (χ2v) is 11.2. The van der Waals surface area contributed by atoms with Gasteiger partial charge in [0, 0.05) is 31.9 Å². The minimum Gasteiger partial charge on any atom is -0.354 e. The molecule has 1 N–H and O–H groups in total. The fourth-order valence-corrected chi connectivity index (χ4v) is 5.98. The number of nitrogens with zero attached hydrogens (tertiary/aromatic N) is 2. The average molecular weight is 520 g/mol. The van der Waals surface area contributed by atoms with E-state index >= 15 is 0 Å². The average Bonchev–Trinajstić information content (AvgIpc) is 3.14. The van der Waals surface area contributed by atoms with Crippen LogP contribution < -0.4 is 5.32 Å². The summed E-state index contributed by atoms with van der Waals surface area (Å²) in [6.45, 7) is 2.11. The highest BCUT2D eigenvalue weighted by atomic mass is 32.2. The van der Waals surface area contributed by atoms with E-state index in [9.17, 15) is 22.8 Å². The molecule has 9 heteroatoms. The third-order valence-electron chi connectivity index (χ3n) is 6.43. The molecule has 2 aromatic carbocycles. The van der Waals surface area contributed by atoms with Crippen molar-refractivity contribution in [2.45, 2.75) is 42.8 Å². The van der Waals surface area contributed by atoms with Crippen molar-refractivity contribution in [1.29, 1.82) is 0 Å². The van der Waals surface area contributed by atoms with E-state index in [2.05, 4.69) is 10.3 Å². The highest BCUT2D eigenvalue weighted by molar-refractivity contribution is 7.91. The van der Waals surface area contributed by atoms with Gasteiger partial charge in [-0.25, -0.2) is 8.42 Å². The van der Waals surface area contributed by atoms with E-state index in [1.54, 1.807) is 66.9 Å². The SMILES string of the molecule is Cc1ccc(S(=O)(=O)C(CNC(=O)CCCCCN2C(=O)c3ccccc3C2=O)c2cccnc2)cc1. The van der Waals surface area contributed by atoms with Crippen molar-refractivity contribution in [3.8, 4) is 0 Å². The van der Waals surface area contributed by atoms with Crippen molar-refractivity contribution in [3.05, 3.63) is 95.3 Å². The van der Waals surface area contributed by atoms with Crippen LogP contribution in [0.1, 0.15) is 62.8 Å². The molecule has 3 aromatic rings. The number of imide groups is 1. The van der Waals surface area contributed by atoms with E-state index < -0.39 is 15.1 Å². The lowest BCUT2D eigenvalue weighted by atomic mass is 10.1. The molecule has 0 saturated carbocycles. The zero-order valence-corrected chi connectivity index (χ0v) is 21.4. The van der Waals surface area contributed by atoms with Crippen LogP contribution in [0.25, 0.3) is 0 Å². The second-order valence-electron chi connectivity index (χ2n) is 9.06. The minimum atomic E-state index is -3.76. The van der Waals surface area contributed by atoms with Gasteiger partial charge in [0.15, 0.2) is 9.84 Å². The first-order valence-electron chi connectivity index (χ1n) is 12.2. The molecular weight excluding hydrogens is 490 g/mol. The summed E-state index contributed by atoms with van der Waals surface area (Å²) in [6, 6.07) is 16.8. The highest BCUT2D eigenvalue weighted by Crippen LogP contribution is 2.28. The lowest BCUT2D eigenvalue weighted by Crippen LogP contribution is -2.32. The fraction of sp³-hybridized carbons (Fsp3) is 0.286. The quantitative estimate of drug-likeness (QED) is 0.304. The molecule has 0 aliphatic carbocycles. The van der Waals surface area contributed by atoms with Gasteiger partial charge in [-0.15, -0.1) is 0 Å². The molecule has 1 aromatic heterocycles. The summed E-state index contributed by atoms with van der Waals surface area (Å²) in [5, 5.41) is 1.79. The first-order valence-corrected chi connectivity index (χ1v) is 13.8. The molecule has 3 amide bonds. The van der Waals surface area contributed by atoms with Crippen molar-refractivity contribution in [1.82, 2.24) is 15.2 Å². The third-order valence-corrected chi connectivity index (χ3v) is 8.55. The van der Waals surface area contributed by atoms with Crippen molar-refractivity contribution >= 4 is 27.6 Å². The maximum atomic E-state index is 13.4. The zero-order chi connectivity index (χ0) is 26.4. The first-order chi connectivity index (χ1) is 17.8. The van der Waals surface area contributed by atoms with E-state index in [1.165, 1.54) is 11.1 Å². The largest absolute Gasteiger partial charge is 0.354 e. The van der Waals surface area contributed by atoms with E-state index in [0.29, 0.717) is 42.5 Å². The summed E-state index contributed by atoms with van der Waals surface area (Å²) in [5.41, 5.74) is 2.31. The Morgan fingerprint density at radius 2 is 1.59 bits per heavy atom. The molecule has 0 radical (unpaired) electrons. The number of pyridine rings is 1. The number of nitrogens with one attached hydrogen (secondary N) is 1. The van der Waals surface area contributed by atoms with Gasteiger partial charge in [0.25, 0.3) is 11.8 Å². The Balaban J connectivity index is 1.28. The molecule has 0 bridgehead atoms. The maximum Gasteiger partial charge on any atom is 0.261 e. The molecule has 1 atom stereocenters. The number of hydrogen-bond donors (Lipinski definition) is 1. The maximum absolute atomic E-state index is 13.4. The lowest BCUT2D eigenvalue weighted by molar-refractivity contribution is -0.121. The second kappa shape index (κ2) is 11.5. The Hall–Kier alpha value is -3.85. The molecule has 4 rings (SSSR count). The number of aromatic nitrogens is 1. The lowest BCUT2D eigenvalue weighted by Gasteiger charge is -2.19. The van der Waals surface area contributed by atoms with Gasteiger partial charge in [0.2, 0.25) is 5.91 Å². The molecule has 0 saturated heterocycles.